The predicted molar refractivity (Wildman–Crippen MR) is 122 cm³/mol. The van der Waals surface area contributed by atoms with Gasteiger partial charge in [-0.1, -0.05) is 24.6 Å². The smallest absolute Gasteiger partial charge is 0.291 e. The summed E-state index contributed by atoms with van der Waals surface area (Å²) in [5.41, 5.74) is 4.43. The zero-order valence-corrected chi connectivity index (χ0v) is 18.3. The average molecular weight is 419 g/mol. The lowest BCUT2D eigenvalue weighted by Gasteiger charge is -2.26. The molecule has 1 aromatic heterocycles. The van der Waals surface area contributed by atoms with E-state index in [1.165, 1.54) is 49.0 Å². The van der Waals surface area contributed by atoms with E-state index in [4.69, 9.17) is 9.15 Å². The standard InChI is InChI=1S/C26H30N2O3/c1-19-6-11-23(16-20(19)2)30-18-24-12-13-25(31-24)26(29)27-22-9-7-21(8-10-22)17-28-14-4-3-5-15-28/h6-13,16H,3-5,14-15,17-18H2,1-2H3,(H,27,29). The predicted octanol–water partition coefficient (Wildman–Crippen LogP) is 5.71. The highest BCUT2D eigenvalue weighted by atomic mass is 16.5. The first-order valence-corrected chi connectivity index (χ1v) is 11.0. The Kier molecular flexibility index (Phi) is 6.73. The Bertz CT molecular complexity index is 1020. The third kappa shape index (κ3) is 5.76. The monoisotopic (exact) mass is 418 g/mol. The fourth-order valence-corrected chi connectivity index (χ4v) is 3.80. The number of benzene rings is 2. The fraction of sp³-hybridized carbons (Fsp3) is 0.346. The van der Waals surface area contributed by atoms with Crippen molar-refractivity contribution in [1.82, 2.24) is 4.90 Å². The van der Waals surface area contributed by atoms with Crippen LogP contribution < -0.4 is 10.1 Å². The minimum Gasteiger partial charge on any atom is -0.486 e. The summed E-state index contributed by atoms with van der Waals surface area (Å²) in [6, 6.07) is 17.5. The quantitative estimate of drug-likeness (QED) is 0.534. The van der Waals surface area contributed by atoms with Crippen LogP contribution in [0.4, 0.5) is 5.69 Å². The summed E-state index contributed by atoms with van der Waals surface area (Å²) in [7, 11) is 0. The summed E-state index contributed by atoms with van der Waals surface area (Å²) in [5, 5.41) is 2.90. The normalized spacial score (nSPS) is 14.4. The van der Waals surface area contributed by atoms with E-state index >= 15 is 0 Å². The minimum atomic E-state index is -0.263. The first-order valence-electron chi connectivity index (χ1n) is 11.0. The van der Waals surface area contributed by atoms with Gasteiger partial charge in [0.25, 0.3) is 5.91 Å². The number of furan rings is 1. The SMILES string of the molecule is Cc1ccc(OCc2ccc(C(=O)Nc3ccc(CN4CCCCC4)cc3)o2)cc1C. The second kappa shape index (κ2) is 9.84. The van der Waals surface area contributed by atoms with Crippen molar-refractivity contribution in [2.24, 2.45) is 0 Å². The number of ether oxygens (including phenoxy) is 1. The van der Waals surface area contributed by atoms with Crippen LogP contribution in [0.15, 0.2) is 59.0 Å². The van der Waals surface area contributed by atoms with Crippen molar-refractivity contribution >= 4 is 11.6 Å². The number of rotatable bonds is 7. The highest BCUT2D eigenvalue weighted by Gasteiger charge is 2.13. The highest BCUT2D eigenvalue weighted by Crippen LogP contribution is 2.20. The molecule has 0 unspecified atom stereocenters. The number of carbonyl (C=O) groups excluding carboxylic acids is 1. The molecule has 3 aromatic rings. The Morgan fingerprint density at radius 3 is 2.48 bits per heavy atom. The third-order valence-electron chi connectivity index (χ3n) is 5.81. The number of nitrogens with zero attached hydrogens (tertiary/aromatic N) is 1. The molecular formula is C26H30N2O3. The van der Waals surface area contributed by atoms with Crippen molar-refractivity contribution in [3.8, 4) is 5.75 Å². The van der Waals surface area contributed by atoms with Crippen molar-refractivity contribution in [2.45, 2.75) is 46.3 Å². The lowest BCUT2D eigenvalue weighted by molar-refractivity contribution is 0.0992. The maximum atomic E-state index is 12.5. The first kappa shape index (κ1) is 21.2. The van der Waals surface area contributed by atoms with Gasteiger partial charge >= 0.3 is 0 Å². The summed E-state index contributed by atoms with van der Waals surface area (Å²) < 4.78 is 11.5. The van der Waals surface area contributed by atoms with Crippen LogP contribution in [0, 0.1) is 13.8 Å². The summed E-state index contributed by atoms with van der Waals surface area (Å²) >= 11 is 0. The number of anilines is 1. The van der Waals surface area contributed by atoms with Gasteiger partial charge in [0.05, 0.1) is 0 Å². The average Bonchev–Trinajstić information content (AvgIpc) is 3.26. The second-order valence-electron chi connectivity index (χ2n) is 8.29. The molecule has 0 atom stereocenters. The van der Waals surface area contributed by atoms with E-state index in [1.807, 2.05) is 30.3 Å². The molecule has 1 aliphatic rings. The van der Waals surface area contributed by atoms with Crippen molar-refractivity contribution in [3.05, 3.63) is 82.8 Å². The van der Waals surface area contributed by atoms with Crippen LogP contribution in [0.25, 0.3) is 0 Å². The van der Waals surface area contributed by atoms with Crippen LogP contribution in [0.1, 0.15) is 52.3 Å². The lowest BCUT2D eigenvalue weighted by Crippen LogP contribution is -2.29. The van der Waals surface area contributed by atoms with Gasteiger partial charge in [0, 0.05) is 12.2 Å². The largest absolute Gasteiger partial charge is 0.486 e. The van der Waals surface area contributed by atoms with Gasteiger partial charge in [-0.25, -0.2) is 0 Å². The van der Waals surface area contributed by atoms with Crippen molar-refractivity contribution < 1.29 is 13.9 Å². The number of aryl methyl sites for hydroxylation is 2. The summed E-state index contributed by atoms with van der Waals surface area (Å²) in [4.78, 5) is 15.0. The van der Waals surface area contributed by atoms with E-state index in [-0.39, 0.29) is 18.3 Å². The maximum absolute atomic E-state index is 12.5. The molecule has 2 heterocycles. The molecule has 0 bridgehead atoms. The Hall–Kier alpha value is -3.05. The van der Waals surface area contributed by atoms with Crippen LogP contribution in [0.3, 0.4) is 0 Å². The van der Waals surface area contributed by atoms with Gasteiger partial charge in [-0.2, -0.15) is 0 Å². The molecule has 5 nitrogen and oxygen atoms in total. The highest BCUT2D eigenvalue weighted by molar-refractivity contribution is 6.02. The van der Waals surface area contributed by atoms with Gasteiger partial charge in [0.2, 0.25) is 0 Å². The molecule has 1 fully saturated rings. The van der Waals surface area contributed by atoms with E-state index < -0.39 is 0 Å². The van der Waals surface area contributed by atoms with Gasteiger partial charge in [-0.3, -0.25) is 9.69 Å². The van der Waals surface area contributed by atoms with Gasteiger partial charge in [-0.05, 0) is 92.9 Å². The topological polar surface area (TPSA) is 54.7 Å². The zero-order chi connectivity index (χ0) is 21.6. The summed E-state index contributed by atoms with van der Waals surface area (Å²) in [5.74, 6) is 1.41. The Balaban J connectivity index is 1.29. The van der Waals surface area contributed by atoms with Gasteiger partial charge < -0.3 is 14.5 Å². The van der Waals surface area contributed by atoms with E-state index in [1.54, 1.807) is 12.1 Å². The van der Waals surface area contributed by atoms with Crippen molar-refractivity contribution in [3.63, 3.8) is 0 Å². The van der Waals surface area contributed by atoms with E-state index in [9.17, 15) is 4.79 Å². The van der Waals surface area contributed by atoms with Crippen molar-refractivity contribution in [1.29, 1.82) is 0 Å². The molecule has 0 aliphatic carbocycles. The van der Waals surface area contributed by atoms with Crippen LogP contribution in [0.5, 0.6) is 5.75 Å². The molecular weight excluding hydrogens is 388 g/mol. The van der Waals surface area contributed by atoms with Crippen LogP contribution in [-0.4, -0.2) is 23.9 Å². The van der Waals surface area contributed by atoms with E-state index in [2.05, 4.69) is 36.2 Å². The number of carbonyl (C=O) groups is 1. The third-order valence-corrected chi connectivity index (χ3v) is 5.81. The Morgan fingerprint density at radius 2 is 1.74 bits per heavy atom. The molecule has 0 spiro atoms. The Morgan fingerprint density at radius 1 is 0.968 bits per heavy atom. The molecule has 0 saturated carbocycles. The number of hydrogen-bond donors (Lipinski definition) is 1. The first-order chi connectivity index (χ1) is 15.1. The lowest BCUT2D eigenvalue weighted by atomic mass is 10.1. The number of nitrogens with one attached hydrogen (secondary N) is 1. The number of hydrogen-bond acceptors (Lipinski definition) is 4. The molecule has 5 heteroatoms. The van der Waals surface area contributed by atoms with E-state index in [0.717, 1.165) is 18.0 Å². The molecule has 31 heavy (non-hydrogen) atoms. The molecule has 1 amide bonds. The van der Waals surface area contributed by atoms with Crippen LogP contribution in [0.2, 0.25) is 0 Å². The molecule has 1 aliphatic heterocycles. The number of amides is 1. The molecule has 0 radical (unpaired) electrons. The molecule has 1 saturated heterocycles. The van der Waals surface area contributed by atoms with Gasteiger partial charge in [0.15, 0.2) is 5.76 Å². The Labute approximate surface area is 184 Å². The maximum Gasteiger partial charge on any atom is 0.291 e. The number of piperidine rings is 1. The van der Waals surface area contributed by atoms with Gasteiger partial charge in [0.1, 0.15) is 18.1 Å². The minimum absolute atomic E-state index is 0.263. The van der Waals surface area contributed by atoms with Crippen LogP contribution in [-0.2, 0) is 13.2 Å². The molecule has 1 N–H and O–H groups in total. The van der Waals surface area contributed by atoms with E-state index in [0.29, 0.717) is 5.76 Å². The molecule has 162 valence electrons. The fourth-order valence-electron chi connectivity index (χ4n) is 3.80. The van der Waals surface area contributed by atoms with Crippen molar-refractivity contribution in [2.75, 3.05) is 18.4 Å². The van der Waals surface area contributed by atoms with Crippen LogP contribution >= 0.6 is 0 Å². The summed E-state index contributed by atoms with van der Waals surface area (Å²) in [6.45, 7) is 7.72. The second-order valence-corrected chi connectivity index (χ2v) is 8.29. The molecule has 2 aromatic carbocycles. The summed E-state index contributed by atoms with van der Waals surface area (Å²) in [6.07, 6.45) is 3.91. The zero-order valence-electron chi connectivity index (χ0n) is 18.3. The van der Waals surface area contributed by atoms with Gasteiger partial charge in [-0.15, -0.1) is 0 Å². The number of likely N-dealkylation sites (tertiary alicyclic amines) is 1. The molecule has 4 rings (SSSR count).